The fourth-order valence-electron chi connectivity index (χ4n) is 4.46. The molecule has 4 nitrogen and oxygen atoms in total. The molecule has 0 bridgehead atoms. The third kappa shape index (κ3) is 5.90. The number of ether oxygens (including phenoxy) is 2. The summed E-state index contributed by atoms with van der Waals surface area (Å²) in [4.78, 5) is 13.1. The average molecular weight is 508 g/mol. The highest BCUT2D eigenvalue weighted by Crippen LogP contribution is 2.30. The van der Waals surface area contributed by atoms with Crippen LogP contribution in [-0.4, -0.2) is 29.6 Å². The molecule has 0 fully saturated rings. The first-order valence-electron chi connectivity index (χ1n) is 12.5. The molecule has 36 heavy (non-hydrogen) atoms. The Bertz CT molecular complexity index is 1360. The van der Waals surface area contributed by atoms with Crippen LogP contribution in [0.2, 0.25) is 0 Å². The van der Waals surface area contributed by atoms with Gasteiger partial charge in [0.2, 0.25) is 0 Å². The number of carbonyl (C=O) groups is 1. The molecule has 1 heterocycles. The minimum absolute atomic E-state index is 0.262. The lowest BCUT2D eigenvalue weighted by Crippen LogP contribution is -2.15. The first kappa shape index (κ1) is 25.8. The molecule has 0 aliphatic carbocycles. The van der Waals surface area contributed by atoms with Gasteiger partial charge in [-0.15, -0.1) is 11.6 Å². The maximum absolute atomic E-state index is 14.2. The van der Waals surface area contributed by atoms with Crippen LogP contribution in [0.15, 0.2) is 66.7 Å². The van der Waals surface area contributed by atoms with E-state index in [1.54, 1.807) is 13.0 Å². The number of aromatic nitrogens is 1. The number of aryl methyl sites for hydroxylation is 1. The predicted molar refractivity (Wildman–Crippen MR) is 146 cm³/mol. The Morgan fingerprint density at radius 1 is 1.03 bits per heavy atom. The molecule has 0 amide bonds. The van der Waals surface area contributed by atoms with Crippen LogP contribution in [0.25, 0.3) is 27.8 Å². The highest BCUT2D eigenvalue weighted by Gasteiger charge is 2.23. The van der Waals surface area contributed by atoms with Crippen molar-refractivity contribution in [3.8, 4) is 5.75 Å². The summed E-state index contributed by atoms with van der Waals surface area (Å²) in [5, 5.41) is 2.89. The largest absolute Gasteiger partial charge is 0.493 e. The van der Waals surface area contributed by atoms with Crippen molar-refractivity contribution in [3.63, 3.8) is 0 Å². The zero-order valence-electron chi connectivity index (χ0n) is 20.5. The Kier molecular flexibility index (Phi) is 9.01. The zero-order chi connectivity index (χ0) is 25.3. The summed E-state index contributed by atoms with van der Waals surface area (Å²) in [5.74, 6) is 0.696. The van der Waals surface area contributed by atoms with Crippen LogP contribution in [-0.2, 0) is 11.3 Å². The number of carbonyl (C=O) groups excluding carboxylic acids is 1. The van der Waals surface area contributed by atoms with E-state index in [4.69, 9.17) is 21.1 Å². The van der Waals surface area contributed by atoms with Gasteiger partial charge in [0.05, 0.1) is 13.2 Å². The van der Waals surface area contributed by atoms with Crippen LogP contribution in [0, 0.1) is 5.82 Å². The molecular weight excluding hydrogens is 477 g/mol. The number of unbranched alkanes of at least 4 members (excludes halogenated alkanes) is 2. The molecule has 4 rings (SSSR count). The lowest BCUT2D eigenvalue weighted by molar-refractivity contribution is 0.0513. The van der Waals surface area contributed by atoms with E-state index < -0.39 is 5.97 Å². The van der Waals surface area contributed by atoms with Gasteiger partial charge in [0.15, 0.2) is 0 Å². The van der Waals surface area contributed by atoms with E-state index in [0.717, 1.165) is 41.3 Å². The third-order valence-corrected chi connectivity index (χ3v) is 6.37. The molecule has 3 aromatic carbocycles. The second-order valence-corrected chi connectivity index (χ2v) is 8.94. The molecule has 0 radical (unpaired) electrons. The number of alkyl halides is 1. The molecule has 0 atom stereocenters. The maximum Gasteiger partial charge on any atom is 0.355 e. The van der Waals surface area contributed by atoms with Crippen molar-refractivity contribution in [3.05, 3.63) is 83.8 Å². The lowest BCUT2D eigenvalue weighted by atomic mass is 10.1. The van der Waals surface area contributed by atoms with Crippen molar-refractivity contribution < 1.29 is 18.7 Å². The van der Waals surface area contributed by atoms with Gasteiger partial charge in [-0.3, -0.25) is 0 Å². The van der Waals surface area contributed by atoms with Gasteiger partial charge in [-0.25, -0.2) is 9.18 Å². The number of nitrogens with zero attached hydrogens (tertiary/aromatic N) is 1. The highest BCUT2D eigenvalue weighted by molar-refractivity contribution is 6.17. The average Bonchev–Trinajstić information content (AvgIpc) is 3.19. The molecule has 6 heteroatoms. The highest BCUT2D eigenvalue weighted by atomic mass is 35.5. The summed E-state index contributed by atoms with van der Waals surface area (Å²) >= 11 is 5.79. The summed E-state index contributed by atoms with van der Waals surface area (Å²) in [6.45, 7) is 3.05. The number of rotatable bonds is 12. The van der Waals surface area contributed by atoms with Crippen LogP contribution in [0.3, 0.4) is 0 Å². The van der Waals surface area contributed by atoms with Gasteiger partial charge in [0.25, 0.3) is 0 Å². The monoisotopic (exact) mass is 507 g/mol. The molecule has 188 valence electrons. The van der Waals surface area contributed by atoms with Crippen LogP contribution >= 0.6 is 11.6 Å². The van der Waals surface area contributed by atoms with Crippen molar-refractivity contribution >= 4 is 45.3 Å². The SMILES string of the molecule is CCOC(=O)c1c(C=CCCCCCl)c2cc(F)ccc2n1CCCOc1cccc2ccccc12. The van der Waals surface area contributed by atoms with Crippen LogP contribution in [0.4, 0.5) is 4.39 Å². The molecule has 0 saturated heterocycles. The maximum atomic E-state index is 14.2. The van der Waals surface area contributed by atoms with E-state index in [-0.39, 0.29) is 12.4 Å². The number of esters is 1. The molecule has 0 aliphatic rings. The minimum Gasteiger partial charge on any atom is -0.493 e. The molecule has 0 spiro atoms. The van der Waals surface area contributed by atoms with Gasteiger partial charge < -0.3 is 14.0 Å². The van der Waals surface area contributed by atoms with Gasteiger partial charge >= 0.3 is 5.97 Å². The lowest BCUT2D eigenvalue weighted by Gasteiger charge is -2.13. The fourth-order valence-corrected chi connectivity index (χ4v) is 4.65. The van der Waals surface area contributed by atoms with Gasteiger partial charge in [-0.2, -0.15) is 0 Å². The number of halogens is 2. The summed E-state index contributed by atoms with van der Waals surface area (Å²) in [5.41, 5.74) is 1.92. The van der Waals surface area contributed by atoms with Crippen molar-refractivity contribution in [2.24, 2.45) is 0 Å². The van der Waals surface area contributed by atoms with Gasteiger partial charge in [-0.05, 0) is 62.3 Å². The Balaban J connectivity index is 1.60. The van der Waals surface area contributed by atoms with Gasteiger partial charge in [0.1, 0.15) is 17.3 Å². The number of benzene rings is 3. The standard InChI is InChI=1S/C30H31ClFNO3/c1-2-35-30(34)29-25(14-5-3-4-8-18-31)26-21-23(32)16-17-27(26)33(29)19-10-20-36-28-15-9-12-22-11-6-7-13-24(22)28/h5-7,9,11-17,21H,2-4,8,10,18-20H2,1H3. The summed E-state index contributed by atoms with van der Waals surface area (Å²) in [6.07, 6.45) is 7.29. The first-order valence-corrected chi connectivity index (χ1v) is 13.0. The summed E-state index contributed by atoms with van der Waals surface area (Å²) < 4.78 is 27.7. The van der Waals surface area contributed by atoms with Crippen molar-refractivity contribution in [1.29, 1.82) is 0 Å². The van der Waals surface area contributed by atoms with Crippen LogP contribution < -0.4 is 4.74 Å². The van der Waals surface area contributed by atoms with E-state index in [1.807, 2.05) is 47.1 Å². The Labute approximate surface area is 216 Å². The number of fused-ring (bicyclic) bond motifs is 2. The topological polar surface area (TPSA) is 40.5 Å². The van der Waals surface area contributed by atoms with E-state index >= 15 is 0 Å². The first-order chi connectivity index (χ1) is 17.6. The van der Waals surface area contributed by atoms with E-state index in [9.17, 15) is 9.18 Å². The van der Waals surface area contributed by atoms with Crippen molar-refractivity contribution in [1.82, 2.24) is 4.57 Å². The molecule has 4 aromatic rings. The fraction of sp³-hybridized carbons (Fsp3) is 0.300. The summed E-state index contributed by atoms with van der Waals surface area (Å²) in [6, 6.07) is 18.8. The van der Waals surface area contributed by atoms with Crippen molar-refractivity contribution in [2.45, 2.75) is 39.2 Å². The molecule has 0 unspecified atom stereocenters. The normalized spacial score (nSPS) is 11.5. The summed E-state index contributed by atoms with van der Waals surface area (Å²) in [7, 11) is 0. The Morgan fingerprint density at radius 2 is 1.86 bits per heavy atom. The quantitative estimate of drug-likeness (QED) is 0.111. The van der Waals surface area contributed by atoms with E-state index in [0.29, 0.717) is 42.1 Å². The van der Waals surface area contributed by atoms with Crippen LogP contribution in [0.1, 0.15) is 48.7 Å². The smallest absolute Gasteiger partial charge is 0.355 e. The predicted octanol–water partition coefficient (Wildman–Crippen LogP) is 8.00. The van der Waals surface area contributed by atoms with Crippen molar-refractivity contribution in [2.75, 3.05) is 19.1 Å². The molecule has 1 aromatic heterocycles. The zero-order valence-corrected chi connectivity index (χ0v) is 21.3. The molecular formula is C30H31ClFNO3. The van der Waals surface area contributed by atoms with E-state index in [1.165, 1.54) is 12.1 Å². The molecule has 0 aliphatic heterocycles. The van der Waals surface area contributed by atoms with E-state index in [2.05, 4.69) is 12.1 Å². The Hall–Kier alpha value is -3.31. The van der Waals surface area contributed by atoms with Crippen LogP contribution in [0.5, 0.6) is 5.75 Å². The second kappa shape index (κ2) is 12.6. The second-order valence-electron chi connectivity index (χ2n) is 8.56. The van der Waals surface area contributed by atoms with Gasteiger partial charge in [0, 0.05) is 34.3 Å². The molecule has 0 saturated carbocycles. The minimum atomic E-state index is -0.413. The van der Waals surface area contributed by atoms with Gasteiger partial charge in [-0.1, -0.05) is 48.6 Å². The molecule has 0 N–H and O–H groups in total. The Morgan fingerprint density at radius 3 is 2.69 bits per heavy atom. The number of hydrogen-bond acceptors (Lipinski definition) is 3. The number of hydrogen-bond donors (Lipinski definition) is 0. The number of allylic oxidation sites excluding steroid dienone is 1. The third-order valence-electron chi connectivity index (χ3n) is 6.11.